The zero-order chi connectivity index (χ0) is 17.5. The van der Waals surface area contributed by atoms with Gasteiger partial charge in [-0.05, 0) is 57.6 Å². The van der Waals surface area contributed by atoms with Gasteiger partial charge in [0.1, 0.15) is 0 Å². The van der Waals surface area contributed by atoms with Gasteiger partial charge in [0.25, 0.3) is 0 Å². The van der Waals surface area contributed by atoms with Gasteiger partial charge in [0, 0.05) is 18.8 Å². The molecule has 0 radical (unpaired) electrons. The highest BCUT2D eigenvalue weighted by molar-refractivity contribution is 6.32. The molecule has 0 spiro atoms. The van der Waals surface area contributed by atoms with E-state index in [1.165, 1.54) is 0 Å². The summed E-state index contributed by atoms with van der Waals surface area (Å²) in [6, 6.07) is 10.1. The molecule has 0 aliphatic carbocycles. The van der Waals surface area contributed by atoms with Crippen molar-refractivity contribution < 1.29 is 9.47 Å². The Morgan fingerprint density at radius 1 is 1.17 bits per heavy atom. The highest BCUT2D eigenvalue weighted by Gasteiger charge is 2.16. The molecule has 0 bridgehead atoms. The Morgan fingerprint density at radius 2 is 1.92 bits per heavy atom. The third-order valence-corrected chi connectivity index (χ3v) is 4.15. The van der Waals surface area contributed by atoms with Crippen molar-refractivity contribution in [2.45, 2.75) is 33.4 Å². The molecule has 0 fully saturated rings. The van der Waals surface area contributed by atoms with Crippen LogP contribution in [0.25, 0.3) is 0 Å². The molecule has 0 aliphatic heterocycles. The van der Waals surface area contributed by atoms with E-state index in [2.05, 4.69) is 23.9 Å². The van der Waals surface area contributed by atoms with Crippen LogP contribution in [0.3, 0.4) is 0 Å². The summed E-state index contributed by atoms with van der Waals surface area (Å²) in [5.41, 5.74) is 2.12. The average molecular weight is 349 g/mol. The molecule has 0 aliphatic rings. The molecule has 5 heteroatoms. The monoisotopic (exact) mass is 348 g/mol. The predicted molar refractivity (Wildman–Crippen MR) is 97.9 cm³/mol. The number of halogens is 1. The van der Waals surface area contributed by atoms with Gasteiger partial charge in [0.05, 0.1) is 23.9 Å². The molecule has 0 saturated carbocycles. The largest absolute Gasteiger partial charge is 0.490 e. The van der Waals surface area contributed by atoms with Gasteiger partial charge < -0.3 is 9.47 Å². The van der Waals surface area contributed by atoms with Gasteiger partial charge in [0.2, 0.25) is 0 Å². The summed E-state index contributed by atoms with van der Waals surface area (Å²) >= 11 is 6.39. The molecule has 2 aromatic rings. The second kappa shape index (κ2) is 8.90. The maximum Gasteiger partial charge on any atom is 0.179 e. The van der Waals surface area contributed by atoms with Crippen LogP contribution in [-0.4, -0.2) is 30.1 Å². The van der Waals surface area contributed by atoms with Crippen LogP contribution in [0, 0.1) is 0 Å². The summed E-state index contributed by atoms with van der Waals surface area (Å²) in [5, 5.41) is 0.580. The molecule has 0 saturated heterocycles. The van der Waals surface area contributed by atoms with Crippen LogP contribution in [0.1, 0.15) is 38.1 Å². The molecule has 0 amide bonds. The Hall–Kier alpha value is -1.78. The van der Waals surface area contributed by atoms with Crippen molar-refractivity contribution in [3.05, 3.63) is 52.8 Å². The topological polar surface area (TPSA) is 34.6 Å². The Morgan fingerprint density at radius 3 is 2.54 bits per heavy atom. The summed E-state index contributed by atoms with van der Waals surface area (Å²) in [7, 11) is 2.07. The number of hydrogen-bond acceptors (Lipinski definition) is 4. The van der Waals surface area contributed by atoms with Crippen molar-refractivity contribution in [2.24, 2.45) is 0 Å². The lowest BCUT2D eigenvalue weighted by molar-refractivity contribution is 0.247. The smallest absolute Gasteiger partial charge is 0.179 e. The molecule has 130 valence electrons. The standard InChI is InChI=1S/C19H25ClN2O2/c1-5-23-18-12-15(11-16(20)19(18)24-6-2)13-22(4)14(3)17-9-7-8-10-21-17/h7-12,14H,5-6,13H2,1-4H3/t14-/m1/s1. The molecule has 24 heavy (non-hydrogen) atoms. The van der Waals surface area contributed by atoms with Crippen LogP contribution in [0.5, 0.6) is 11.5 Å². The van der Waals surface area contributed by atoms with E-state index in [1.807, 2.05) is 50.4 Å². The maximum atomic E-state index is 6.39. The second-order valence-corrected chi connectivity index (χ2v) is 6.02. The number of hydrogen-bond donors (Lipinski definition) is 0. The lowest BCUT2D eigenvalue weighted by atomic mass is 10.1. The number of aromatic nitrogens is 1. The van der Waals surface area contributed by atoms with Crippen molar-refractivity contribution in [3.63, 3.8) is 0 Å². The lowest BCUT2D eigenvalue weighted by Crippen LogP contribution is -2.22. The van der Waals surface area contributed by atoms with Crippen molar-refractivity contribution in [2.75, 3.05) is 20.3 Å². The van der Waals surface area contributed by atoms with E-state index in [-0.39, 0.29) is 6.04 Å². The molecule has 0 N–H and O–H groups in total. The minimum Gasteiger partial charge on any atom is -0.490 e. The predicted octanol–water partition coefficient (Wildman–Crippen LogP) is 4.73. The first-order valence-electron chi connectivity index (χ1n) is 8.26. The Bertz CT molecular complexity index is 649. The molecule has 1 heterocycles. The number of ether oxygens (including phenoxy) is 2. The Labute approximate surface area is 149 Å². The first-order chi connectivity index (χ1) is 11.6. The Kier molecular flexibility index (Phi) is 6.88. The number of pyridine rings is 1. The number of nitrogens with zero attached hydrogens (tertiary/aromatic N) is 2. The van der Waals surface area contributed by atoms with E-state index in [9.17, 15) is 0 Å². The molecule has 0 unspecified atom stereocenters. The van der Waals surface area contributed by atoms with E-state index >= 15 is 0 Å². The van der Waals surface area contributed by atoms with Gasteiger partial charge in [-0.25, -0.2) is 0 Å². The summed E-state index contributed by atoms with van der Waals surface area (Å²) in [6.45, 7) is 7.88. The van der Waals surface area contributed by atoms with Crippen molar-refractivity contribution in [1.29, 1.82) is 0 Å². The van der Waals surface area contributed by atoms with E-state index in [0.29, 0.717) is 29.7 Å². The van der Waals surface area contributed by atoms with Gasteiger partial charge >= 0.3 is 0 Å². The van der Waals surface area contributed by atoms with Crippen LogP contribution in [0.2, 0.25) is 5.02 Å². The van der Waals surface area contributed by atoms with Gasteiger partial charge in [-0.1, -0.05) is 17.7 Å². The van der Waals surface area contributed by atoms with Gasteiger partial charge in [-0.3, -0.25) is 9.88 Å². The van der Waals surface area contributed by atoms with E-state index in [0.717, 1.165) is 17.8 Å². The summed E-state index contributed by atoms with van der Waals surface area (Å²) in [4.78, 5) is 6.66. The molecule has 1 aromatic heterocycles. The highest BCUT2D eigenvalue weighted by atomic mass is 35.5. The van der Waals surface area contributed by atoms with E-state index < -0.39 is 0 Å². The third-order valence-electron chi connectivity index (χ3n) is 3.87. The van der Waals surface area contributed by atoms with Gasteiger partial charge in [-0.2, -0.15) is 0 Å². The van der Waals surface area contributed by atoms with Crippen molar-refractivity contribution >= 4 is 11.6 Å². The lowest BCUT2D eigenvalue weighted by Gasteiger charge is -2.25. The van der Waals surface area contributed by atoms with Gasteiger partial charge in [0.15, 0.2) is 11.5 Å². The van der Waals surface area contributed by atoms with Crippen molar-refractivity contribution in [1.82, 2.24) is 9.88 Å². The number of benzene rings is 1. The van der Waals surface area contributed by atoms with Crippen LogP contribution in [0.15, 0.2) is 36.5 Å². The summed E-state index contributed by atoms with van der Waals surface area (Å²) in [5.74, 6) is 1.31. The molecule has 1 aromatic carbocycles. The zero-order valence-corrected chi connectivity index (χ0v) is 15.5. The van der Waals surface area contributed by atoms with Crippen LogP contribution >= 0.6 is 11.6 Å². The second-order valence-electron chi connectivity index (χ2n) is 5.62. The van der Waals surface area contributed by atoms with Crippen molar-refractivity contribution in [3.8, 4) is 11.5 Å². The summed E-state index contributed by atoms with van der Waals surface area (Å²) < 4.78 is 11.3. The van der Waals surface area contributed by atoms with E-state index in [4.69, 9.17) is 21.1 Å². The average Bonchev–Trinajstić information content (AvgIpc) is 2.58. The fourth-order valence-electron chi connectivity index (χ4n) is 2.53. The number of rotatable bonds is 8. The first-order valence-corrected chi connectivity index (χ1v) is 8.63. The minimum atomic E-state index is 0.201. The molecule has 4 nitrogen and oxygen atoms in total. The highest BCUT2D eigenvalue weighted by Crippen LogP contribution is 2.37. The third kappa shape index (κ3) is 4.62. The fourth-order valence-corrected chi connectivity index (χ4v) is 2.82. The Balaban J connectivity index is 2.19. The SMILES string of the molecule is CCOc1cc(CN(C)[C@H](C)c2ccccn2)cc(Cl)c1OCC. The van der Waals surface area contributed by atoms with E-state index in [1.54, 1.807) is 0 Å². The zero-order valence-electron chi connectivity index (χ0n) is 14.8. The summed E-state index contributed by atoms with van der Waals surface area (Å²) in [6.07, 6.45) is 1.82. The normalized spacial score (nSPS) is 12.2. The van der Waals surface area contributed by atoms with Crippen LogP contribution in [0.4, 0.5) is 0 Å². The quantitative estimate of drug-likeness (QED) is 0.691. The van der Waals surface area contributed by atoms with Crippen LogP contribution < -0.4 is 9.47 Å². The molecule has 2 rings (SSSR count). The molecule has 1 atom stereocenters. The molecular formula is C19H25ClN2O2. The molecular weight excluding hydrogens is 324 g/mol. The minimum absolute atomic E-state index is 0.201. The van der Waals surface area contributed by atoms with Crippen LogP contribution in [-0.2, 0) is 6.54 Å². The maximum absolute atomic E-state index is 6.39. The van der Waals surface area contributed by atoms with Gasteiger partial charge in [-0.15, -0.1) is 0 Å². The first kappa shape index (κ1) is 18.6. The fraction of sp³-hybridized carbons (Fsp3) is 0.421.